The van der Waals surface area contributed by atoms with Crippen molar-refractivity contribution in [1.82, 2.24) is 5.01 Å². The van der Waals surface area contributed by atoms with Gasteiger partial charge in [0.2, 0.25) is 0 Å². The molecular formula is C32H31ClN2O6. The number of ether oxygens (including phenoxy) is 4. The second-order valence-electron chi connectivity index (χ2n) is 9.76. The molecule has 0 bridgehead atoms. The fourth-order valence-corrected chi connectivity index (χ4v) is 5.38. The third kappa shape index (κ3) is 6.55. The van der Waals surface area contributed by atoms with E-state index in [1.54, 1.807) is 38.5 Å². The zero-order valence-electron chi connectivity index (χ0n) is 22.9. The molecule has 2 aliphatic rings. The minimum atomic E-state index is -0.677. The highest BCUT2D eigenvalue weighted by atomic mass is 35.5. The molecule has 2 unspecified atom stereocenters. The molecule has 212 valence electrons. The number of hydrazone groups is 1. The molecular weight excluding hydrogens is 544 g/mol. The van der Waals surface area contributed by atoms with Crippen LogP contribution in [0.25, 0.3) is 6.08 Å². The lowest BCUT2D eigenvalue weighted by atomic mass is 9.77. The molecule has 1 heterocycles. The van der Waals surface area contributed by atoms with Gasteiger partial charge in [-0.15, -0.1) is 0 Å². The summed E-state index contributed by atoms with van der Waals surface area (Å²) in [5.41, 5.74) is 3.93. The van der Waals surface area contributed by atoms with Crippen LogP contribution in [0.15, 0.2) is 83.5 Å². The van der Waals surface area contributed by atoms with Crippen LogP contribution in [0.2, 0.25) is 5.02 Å². The van der Waals surface area contributed by atoms with Gasteiger partial charge < -0.3 is 18.9 Å². The number of halogens is 1. The van der Waals surface area contributed by atoms with E-state index in [0.717, 1.165) is 53.2 Å². The molecule has 3 aromatic carbocycles. The number of amides is 1. The van der Waals surface area contributed by atoms with Crippen molar-refractivity contribution < 1.29 is 28.5 Å². The molecule has 2 atom stereocenters. The van der Waals surface area contributed by atoms with Crippen LogP contribution >= 0.6 is 11.6 Å². The third-order valence-corrected chi connectivity index (χ3v) is 7.52. The van der Waals surface area contributed by atoms with Crippen molar-refractivity contribution in [2.75, 3.05) is 27.4 Å². The zero-order valence-corrected chi connectivity index (χ0v) is 23.7. The Bertz CT molecular complexity index is 1450. The predicted molar refractivity (Wildman–Crippen MR) is 156 cm³/mol. The number of benzene rings is 3. The van der Waals surface area contributed by atoms with Crippen LogP contribution in [0.3, 0.4) is 0 Å². The highest BCUT2D eigenvalue weighted by Gasteiger charge is 2.43. The molecule has 0 N–H and O–H groups in total. The molecule has 1 amide bonds. The van der Waals surface area contributed by atoms with Gasteiger partial charge in [0.15, 0.2) is 13.2 Å². The maximum absolute atomic E-state index is 13.5. The van der Waals surface area contributed by atoms with E-state index in [1.165, 1.54) is 5.01 Å². The minimum absolute atomic E-state index is 0.00449. The van der Waals surface area contributed by atoms with Gasteiger partial charge in [0.25, 0.3) is 5.91 Å². The molecule has 1 fully saturated rings. The summed E-state index contributed by atoms with van der Waals surface area (Å²) in [6, 6.07) is 22.0. The van der Waals surface area contributed by atoms with Gasteiger partial charge in [-0.1, -0.05) is 48.0 Å². The summed E-state index contributed by atoms with van der Waals surface area (Å²) in [4.78, 5) is 25.9. The Hall–Kier alpha value is -4.30. The summed E-state index contributed by atoms with van der Waals surface area (Å²) >= 11 is 6.08. The standard InChI is InChI=1S/C32H31ClN2O6/c1-38-24-14-10-21(11-15-24)18-23-6-5-7-26-31(23)34-35(32(26)22-12-16-25(39-2)17-13-22)29(36)19-41-30(37)20-40-28-9-4-3-8-27(28)33/h3-4,8-18,26,32H,5-7,19-20H2,1-2H3. The number of methoxy groups -OCH3 is 2. The number of hydrogen-bond acceptors (Lipinski definition) is 7. The highest BCUT2D eigenvalue weighted by Crippen LogP contribution is 2.44. The molecule has 9 heteroatoms. The van der Waals surface area contributed by atoms with Crippen LogP contribution in [0.5, 0.6) is 17.2 Å². The van der Waals surface area contributed by atoms with Crippen LogP contribution in [0.4, 0.5) is 0 Å². The molecule has 1 saturated carbocycles. The van der Waals surface area contributed by atoms with Gasteiger partial charge in [-0.2, -0.15) is 5.10 Å². The summed E-state index contributed by atoms with van der Waals surface area (Å²) in [5, 5.41) is 6.69. The van der Waals surface area contributed by atoms with Crippen molar-refractivity contribution in [3.05, 3.63) is 94.5 Å². The summed E-state index contributed by atoms with van der Waals surface area (Å²) in [7, 11) is 3.25. The molecule has 1 aliphatic carbocycles. The summed E-state index contributed by atoms with van der Waals surface area (Å²) in [5.74, 6) is 0.788. The normalized spacial score (nSPS) is 18.9. The number of nitrogens with zero attached hydrogens (tertiary/aromatic N) is 2. The quantitative estimate of drug-likeness (QED) is 0.287. The Labute approximate surface area is 244 Å². The average molecular weight is 575 g/mol. The lowest BCUT2D eigenvalue weighted by molar-refractivity contribution is -0.154. The van der Waals surface area contributed by atoms with E-state index in [0.29, 0.717) is 10.8 Å². The van der Waals surface area contributed by atoms with Crippen LogP contribution in [-0.2, 0) is 14.3 Å². The van der Waals surface area contributed by atoms with E-state index in [9.17, 15) is 9.59 Å². The fourth-order valence-electron chi connectivity index (χ4n) is 5.19. The zero-order chi connectivity index (χ0) is 28.8. The maximum atomic E-state index is 13.5. The van der Waals surface area contributed by atoms with Gasteiger partial charge in [-0.3, -0.25) is 4.79 Å². The van der Waals surface area contributed by atoms with Crippen molar-refractivity contribution in [2.24, 2.45) is 11.0 Å². The molecule has 0 radical (unpaired) electrons. The number of carbonyl (C=O) groups excluding carboxylic acids is 2. The molecule has 8 nitrogen and oxygen atoms in total. The average Bonchev–Trinajstić information content (AvgIpc) is 3.40. The Kier molecular flexibility index (Phi) is 8.89. The van der Waals surface area contributed by atoms with Gasteiger partial charge in [0.05, 0.1) is 31.0 Å². The van der Waals surface area contributed by atoms with Gasteiger partial charge in [0, 0.05) is 5.92 Å². The van der Waals surface area contributed by atoms with Crippen LogP contribution < -0.4 is 14.2 Å². The summed E-state index contributed by atoms with van der Waals surface area (Å²) < 4.78 is 21.3. The number of rotatable bonds is 9. The monoisotopic (exact) mass is 574 g/mol. The fraction of sp³-hybridized carbons (Fsp3) is 0.281. The predicted octanol–water partition coefficient (Wildman–Crippen LogP) is 6.10. The smallest absolute Gasteiger partial charge is 0.344 e. The SMILES string of the molecule is COc1ccc(C=C2CCCC3C2=NN(C(=O)COC(=O)COc2ccccc2Cl)C3c2ccc(OC)cc2)cc1. The number of fused-ring (bicyclic) bond motifs is 1. The Morgan fingerprint density at radius 3 is 2.32 bits per heavy atom. The van der Waals surface area contributed by atoms with E-state index in [1.807, 2.05) is 48.5 Å². The first-order chi connectivity index (χ1) is 20.0. The Balaban J connectivity index is 1.35. The topological polar surface area (TPSA) is 86.7 Å². The van der Waals surface area contributed by atoms with Crippen LogP contribution in [0.1, 0.15) is 36.4 Å². The van der Waals surface area contributed by atoms with Crippen molar-refractivity contribution in [3.63, 3.8) is 0 Å². The number of esters is 1. The third-order valence-electron chi connectivity index (χ3n) is 7.21. The molecule has 41 heavy (non-hydrogen) atoms. The first kappa shape index (κ1) is 28.2. The summed E-state index contributed by atoms with van der Waals surface area (Å²) in [6.45, 7) is -0.830. The number of allylic oxidation sites excluding steroid dienone is 1. The van der Waals surface area contributed by atoms with E-state index in [4.69, 9.17) is 35.6 Å². The van der Waals surface area contributed by atoms with E-state index in [-0.39, 0.29) is 18.6 Å². The molecule has 0 aromatic heterocycles. The lowest BCUT2D eigenvalue weighted by Crippen LogP contribution is -2.35. The molecule has 5 rings (SSSR count). The van der Waals surface area contributed by atoms with Crippen LogP contribution in [-0.4, -0.2) is 50.0 Å². The lowest BCUT2D eigenvalue weighted by Gasteiger charge is -2.29. The van der Waals surface area contributed by atoms with Gasteiger partial charge in [-0.25, -0.2) is 9.80 Å². The molecule has 0 spiro atoms. The van der Waals surface area contributed by atoms with E-state index >= 15 is 0 Å². The number of para-hydroxylation sites is 1. The van der Waals surface area contributed by atoms with Crippen molar-refractivity contribution >= 4 is 35.3 Å². The molecule has 1 aliphatic heterocycles. The van der Waals surface area contributed by atoms with E-state index < -0.39 is 18.5 Å². The Morgan fingerprint density at radius 2 is 1.63 bits per heavy atom. The van der Waals surface area contributed by atoms with Gasteiger partial charge in [0.1, 0.15) is 17.2 Å². The number of carbonyl (C=O) groups is 2. The highest BCUT2D eigenvalue weighted by molar-refractivity contribution is 6.32. The summed E-state index contributed by atoms with van der Waals surface area (Å²) in [6.07, 6.45) is 4.82. The van der Waals surface area contributed by atoms with Crippen LogP contribution in [0, 0.1) is 5.92 Å². The Morgan fingerprint density at radius 1 is 0.951 bits per heavy atom. The van der Waals surface area contributed by atoms with Gasteiger partial charge in [-0.05, 0) is 78.4 Å². The molecule has 0 saturated heterocycles. The second-order valence-corrected chi connectivity index (χ2v) is 10.2. The second kappa shape index (κ2) is 12.9. The van der Waals surface area contributed by atoms with Gasteiger partial charge >= 0.3 is 5.97 Å². The maximum Gasteiger partial charge on any atom is 0.344 e. The minimum Gasteiger partial charge on any atom is -0.497 e. The first-order valence-corrected chi connectivity index (χ1v) is 13.8. The first-order valence-electron chi connectivity index (χ1n) is 13.4. The number of hydrogen-bond donors (Lipinski definition) is 0. The largest absolute Gasteiger partial charge is 0.497 e. The molecule has 3 aromatic rings. The van der Waals surface area contributed by atoms with E-state index in [2.05, 4.69) is 6.08 Å². The van der Waals surface area contributed by atoms with Crippen molar-refractivity contribution in [1.29, 1.82) is 0 Å². The van der Waals surface area contributed by atoms with Crippen molar-refractivity contribution in [2.45, 2.75) is 25.3 Å². The van der Waals surface area contributed by atoms with Crippen molar-refractivity contribution in [3.8, 4) is 17.2 Å².